The van der Waals surface area contributed by atoms with Gasteiger partial charge in [-0.3, -0.25) is 0 Å². The molecule has 12 heavy (non-hydrogen) atoms. The number of hydrogen-bond donors (Lipinski definition) is 1. The van der Waals surface area contributed by atoms with Crippen molar-refractivity contribution < 1.29 is 14.6 Å². The number of allylic oxidation sites excluding steroid dienone is 2. The van der Waals surface area contributed by atoms with Crippen LogP contribution < -0.4 is 0 Å². The van der Waals surface area contributed by atoms with Gasteiger partial charge in [-0.05, 0) is 6.42 Å². The van der Waals surface area contributed by atoms with E-state index in [0.29, 0.717) is 6.61 Å². The molecule has 0 fully saturated rings. The van der Waals surface area contributed by atoms with Crippen LogP contribution in [-0.4, -0.2) is 17.9 Å². The minimum Gasteiger partial charge on any atom is -0.450 e. The van der Waals surface area contributed by atoms with Gasteiger partial charge in [0.25, 0.3) is 0 Å². The summed E-state index contributed by atoms with van der Waals surface area (Å²) in [6, 6.07) is 0. The van der Waals surface area contributed by atoms with Crippen LogP contribution in [0.3, 0.4) is 0 Å². The zero-order valence-electron chi connectivity index (χ0n) is 7.45. The molecule has 1 N–H and O–H groups in total. The van der Waals surface area contributed by atoms with E-state index in [4.69, 9.17) is 5.11 Å². The zero-order chi connectivity index (χ0) is 9.82. The Bertz CT molecular complexity index is 124. The predicted molar refractivity (Wildman–Crippen MR) is 49.3 cm³/mol. The lowest BCUT2D eigenvalue weighted by Crippen LogP contribution is -2.00. The lowest BCUT2D eigenvalue weighted by atomic mass is 10.4. The SMILES string of the molecule is C=CC=C.CCCCOC(=O)O. The summed E-state index contributed by atoms with van der Waals surface area (Å²) in [6.07, 6.45) is 3.87. The van der Waals surface area contributed by atoms with E-state index in [9.17, 15) is 4.79 Å². The maximum atomic E-state index is 9.65. The van der Waals surface area contributed by atoms with Crippen LogP contribution in [0.2, 0.25) is 0 Å². The summed E-state index contributed by atoms with van der Waals surface area (Å²) in [6.45, 7) is 9.02. The van der Waals surface area contributed by atoms with E-state index >= 15 is 0 Å². The van der Waals surface area contributed by atoms with Crippen LogP contribution in [0.25, 0.3) is 0 Å². The normalized spacial score (nSPS) is 7.42. The molecule has 0 saturated carbocycles. The average molecular weight is 172 g/mol. The maximum Gasteiger partial charge on any atom is 0.505 e. The molecule has 3 heteroatoms. The quantitative estimate of drug-likeness (QED) is 0.403. The van der Waals surface area contributed by atoms with Gasteiger partial charge < -0.3 is 9.84 Å². The highest BCUT2D eigenvalue weighted by atomic mass is 16.7. The van der Waals surface area contributed by atoms with Gasteiger partial charge >= 0.3 is 6.16 Å². The van der Waals surface area contributed by atoms with Gasteiger partial charge in [0.15, 0.2) is 0 Å². The second kappa shape index (κ2) is 12.4. The van der Waals surface area contributed by atoms with Crippen molar-refractivity contribution in [1.29, 1.82) is 0 Å². The first-order chi connectivity index (χ1) is 5.68. The van der Waals surface area contributed by atoms with Gasteiger partial charge in [0, 0.05) is 0 Å². The monoisotopic (exact) mass is 172 g/mol. The van der Waals surface area contributed by atoms with E-state index in [1.165, 1.54) is 0 Å². The van der Waals surface area contributed by atoms with Crippen LogP contribution in [0.4, 0.5) is 4.79 Å². The van der Waals surface area contributed by atoms with E-state index in [1.54, 1.807) is 12.2 Å². The minimum absolute atomic E-state index is 0.325. The molecule has 70 valence electrons. The molecule has 0 radical (unpaired) electrons. The van der Waals surface area contributed by atoms with E-state index in [-0.39, 0.29) is 0 Å². The third-order valence-corrected chi connectivity index (χ3v) is 0.890. The van der Waals surface area contributed by atoms with E-state index in [0.717, 1.165) is 12.8 Å². The Kier molecular flexibility index (Phi) is 13.8. The Morgan fingerprint density at radius 1 is 1.50 bits per heavy atom. The van der Waals surface area contributed by atoms with Crippen molar-refractivity contribution in [3.63, 3.8) is 0 Å². The molecule has 0 amide bonds. The van der Waals surface area contributed by atoms with Gasteiger partial charge in [-0.25, -0.2) is 4.79 Å². The second-order valence-corrected chi connectivity index (χ2v) is 1.94. The van der Waals surface area contributed by atoms with E-state index in [2.05, 4.69) is 17.9 Å². The summed E-state index contributed by atoms with van der Waals surface area (Å²) in [4.78, 5) is 9.65. The summed E-state index contributed by atoms with van der Waals surface area (Å²) < 4.78 is 4.20. The second-order valence-electron chi connectivity index (χ2n) is 1.94. The summed E-state index contributed by atoms with van der Waals surface area (Å²) >= 11 is 0. The molecule has 0 rings (SSSR count). The molecule has 0 unspecified atom stereocenters. The molecular formula is C9H16O3. The van der Waals surface area contributed by atoms with Gasteiger partial charge in [-0.2, -0.15) is 0 Å². The van der Waals surface area contributed by atoms with Gasteiger partial charge in [0.1, 0.15) is 0 Å². The maximum absolute atomic E-state index is 9.65. The minimum atomic E-state index is -1.18. The van der Waals surface area contributed by atoms with Crippen molar-refractivity contribution in [3.05, 3.63) is 25.3 Å². The smallest absolute Gasteiger partial charge is 0.450 e. The van der Waals surface area contributed by atoms with Gasteiger partial charge in [-0.15, -0.1) is 0 Å². The molecule has 0 spiro atoms. The molecule has 0 aliphatic carbocycles. The first-order valence-corrected chi connectivity index (χ1v) is 3.78. The Morgan fingerprint density at radius 2 is 2.00 bits per heavy atom. The summed E-state index contributed by atoms with van der Waals surface area (Å²) in [5.41, 5.74) is 0. The fourth-order valence-corrected chi connectivity index (χ4v) is 0.304. The van der Waals surface area contributed by atoms with E-state index < -0.39 is 6.16 Å². The standard InChI is InChI=1S/C5H10O3.C4H6/c1-2-3-4-8-5(6)7;1-3-4-2/h2-4H2,1H3,(H,6,7);3-4H,1-2H2. The Balaban J connectivity index is 0. The number of carbonyl (C=O) groups is 1. The molecule has 0 atom stereocenters. The molecule has 3 nitrogen and oxygen atoms in total. The fraction of sp³-hybridized carbons (Fsp3) is 0.444. The van der Waals surface area contributed by atoms with Crippen molar-refractivity contribution >= 4 is 6.16 Å². The summed E-state index contributed by atoms with van der Waals surface area (Å²) in [5, 5.41) is 7.92. The van der Waals surface area contributed by atoms with Crippen LogP contribution >= 0.6 is 0 Å². The number of hydrogen-bond acceptors (Lipinski definition) is 2. The first kappa shape index (κ1) is 13.3. The highest BCUT2D eigenvalue weighted by Crippen LogP contribution is 1.86. The molecular weight excluding hydrogens is 156 g/mol. The largest absolute Gasteiger partial charge is 0.505 e. The van der Waals surface area contributed by atoms with Gasteiger partial charge in [0.05, 0.1) is 6.61 Å². The van der Waals surface area contributed by atoms with Crippen molar-refractivity contribution in [3.8, 4) is 0 Å². The average Bonchev–Trinajstić information content (AvgIpc) is 2.05. The number of unbranched alkanes of at least 4 members (excludes halogenated alkanes) is 1. The van der Waals surface area contributed by atoms with Crippen LogP contribution in [0.1, 0.15) is 19.8 Å². The lowest BCUT2D eigenvalue weighted by Gasteiger charge is -1.94. The Labute approximate surface area is 73.4 Å². The lowest BCUT2D eigenvalue weighted by molar-refractivity contribution is 0.0905. The van der Waals surface area contributed by atoms with Crippen LogP contribution in [0, 0.1) is 0 Å². The topological polar surface area (TPSA) is 46.5 Å². The first-order valence-electron chi connectivity index (χ1n) is 3.78. The Morgan fingerprint density at radius 3 is 2.25 bits per heavy atom. The predicted octanol–water partition coefficient (Wildman–Crippen LogP) is 2.84. The van der Waals surface area contributed by atoms with Gasteiger partial charge in [0.2, 0.25) is 0 Å². The number of carboxylic acid groups (broad SMARTS) is 1. The molecule has 0 bridgehead atoms. The molecule has 0 aromatic rings. The molecule has 0 aromatic carbocycles. The molecule has 0 aliphatic rings. The van der Waals surface area contributed by atoms with Crippen molar-refractivity contribution in [1.82, 2.24) is 0 Å². The molecule has 0 saturated heterocycles. The molecule has 0 heterocycles. The Hall–Kier alpha value is -1.25. The highest BCUT2D eigenvalue weighted by Gasteiger charge is 1.91. The van der Waals surface area contributed by atoms with Gasteiger partial charge in [-0.1, -0.05) is 38.7 Å². The van der Waals surface area contributed by atoms with Crippen molar-refractivity contribution in [2.45, 2.75) is 19.8 Å². The van der Waals surface area contributed by atoms with Crippen molar-refractivity contribution in [2.24, 2.45) is 0 Å². The molecule has 0 aliphatic heterocycles. The number of ether oxygens (including phenoxy) is 1. The van der Waals surface area contributed by atoms with Crippen molar-refractivity contribution in [2.75, 3.05) is 6.61 Å². The summed E-state index contributed by atoms with van der Waals surface area (Å²) in [5.74, 6) is 0. The fourth-order valence-electron chi connectivity index (χ4n) is 0.304. The summed E-state index contributed by atoms with van der Waals surface area (Å²) in [7, 11) is 0. The van der Waals surface area contributed by atoms with Crippen LogP contribution in [0.15, 0.2) is 25.3 Å². The van der Waals surface area contributed by atoms with E-state index in [1.807, 2.05) is 6.92 Å². The third-order valence-electron chi connectivity index (χ3n) is 0.890. The van der Waals surface area contributed by atoms with Crippen LogP contribution in [0.5, 0.6) is 0 Å². The third kappa shape index (κ3) is 23.3. The van der Waals surface area contributed by atoms with Crippen LogP contribution in [-0.2, 0) is 4.74 Å². The number of rotatable bonds is 4. The molecule has 0 aromatic heterocycles. The zero-order valence-corrected chi connectivity index (χ0v) is 7.45. The highest BCUT2D eigenvalue weighted by molar-refractivity contribution is 5.56.